The second-order valence-electron chi connectivity index (χ2n) is 7.25. The molecule has 0 saturated heterocycles. The number of ether oxygens (including phenoxy) is 2. The van der Waals surface area contributed by atoms with Crippen LogP contribution < -0.4 is 14.8 Å². The van der Waals surface area contributed by atoms with Crippen molar-refractivity contribution in [2.24, 2.45) is 12.0 Å². The monoisotopic (exact) mass is 385 g/mol. The Kier molecular flexibility index (Phi) is 6.79. The van der Waals surface area contributed by atoms with E-state index in [4.69, 9.17) is 9.47 Å². The van der Waals surface area contributed by atoms with E-state index in [0.717, 1.165) is 48.0 Å². The topological polar surface area (TPSA) is 63.9 Å². The molecule has 2 aromatic rings. The van der Waals surface area contributed by atoms with Crippen LogP contribution >= 0.6 is 0 Å². The fraction of sp³-hybridized carbons (Fsp3) is 0.524. The van der Waals surface area contributed by atoms with Gasteiger partial charge in [0.15, 0.2) is 17.5 Å². The number of aromatic nitrogens is 2. The van der Waals surface area contributed by atoms with Crippen molar-refractivity contribution in [2.75, 3.05) is 21.2 Å². The number of aryl methyl sites for hydroxylation is 1. The quantitative estimate of drug-likeness (QED) is 0.586. The number of guanidine groups is 1. The van der Waals surface area contributed by atoms with Gasteiger partial charge >= 0.3 is 0 Å². The fourth-order valence-electron chi connectivity index (χ4n) is 3.63. The highest BCUT2D eigenvalue weighted by atomic mass is 16.5. The van der Waals surface area contributed by atoms with Crippen LogP contribution in [0.5, 0.6) is 11.5 Å². The van der Waals surface area contributed by atoms with E-state index < -0.39 is 0 Å². The van der Waals surface area contributed by atoms with Crippen molar-refractivity contribution >= 4 is 5.96 Å². The lowest BCUT2D eigenvalue weighted by Crippen LogP contribution is -2.38. The van der Waals surface area contributed by atoms with Crippen LogP contribution in [0.15, 0.2) is 35.6 Å². The first-order valence-corrected chi connectivity index (χ1v) is 9.82. The predicted molar refractivity (Wildman–Crippen MR) is 111 cm³/mol. The zero-order chi connectivity index (χ0) is 19.9. The molecule has 1 aliphatic rings. The number of hydrogen-bond acceptors (Lipinski definition) is 4. The number of rotatable bonds is 7. The highest BCUT2D eigenvalue weighted by Gasteiger charge is 2.20. The summed E-state index contributed by atoms with van der Waals surface area (Å²) in [5.74, 6) is 2.44. The molecule has 0 unspecified atom stereocenters. The summed E-state index contributed by atoms with van der Waals surface area (Å²) >= 11 is 0. The van der Waals surface area contributed by atoms with Crippen LogP contribution in [0, 0.1) is 0 Å². The molecule has 7 heteroatoms. The molecule has 0 amide bonds. The number of nitrogens with one attached hydrogen (secondary N) is 1. The van der Waals surface area contributed by atoms with Gasteiger partial charge in [-0.15, -0.1) is 0 Å². The number of nitrogens with zero attached hydrogens (tertiary/aromatic N) is 4. The second-order valence-corrected chi connectivity index (χ2v) is 7.25. The van der Waals surface area contributed by atoms with Gasteiger partial charge in [-0.2, -0.15) is 5.10 Å². The normalized spacial score (nSPS) is 14.9. The third-order valence-electron chi connectivity index (χ3n) is 5.06. The highest BCUT2D eigenvalue weighted by molar-refractivity contribution is 5.79. The summed E-state index contributed by atoms with van der Waals surface area (Å²) < 4.78 is 13.7. The molecule has 3 rings (SSSR count). The fourth-order valence-corrected chi connectivity index (χ4v) is 3.63. The van der Waals surface area contributed by atoms with Gasteiger partial charge in [-0.25, -0.2) is 0 Å². The molecule has 28 heavy (non-hydrogen) atoms. The van der Waals surface area contributed by atoms with Crippen LogP contribution in [0.2, 0.25) is 0 Å². The van der Waals surface area contributed by atoms with Crippen LogP contribution in [-0.2, 0) is 20.1 Å². The van der Waals surface area contributed by atoms with E-state index in [1.165, 1.54) is 12.8 Å². The van der Waals surface area contributed by atoms with Gasteiger partial charge in [0.2, 0.25) is 0 Å². The smallest absolute Gasteiger partial charge is 0.193 e. The van der Waals surface area contributed by atoms with E-state index in [9.17, 15) is 0 Å². The van der Waals surface area contributed by atoms with Crippen LogP contribution in [0.25, 0.3) is 0 Å². The molecular weight excluding hydrogens is 354 g/mol. The average molecular weight is 386 g/mol. The van der Waals surface area contributed by atoms with Gasteiger partial charge < -0.3 is 19.7 Å². The molecule has 0 aliphatic heterocycles. The molecule has 0 spiro atoms. The van der Waals surface area contributed by atoms with Crippen LogP contribution in [0.4, 0.5) is 0 Å². The molecule has 1 saturated carbocycles. The number of hydrogen-bond donors (Lipinski definition) is 1. The first-order chi connectivity index (χ1) is 13.6. The Labute approximate surface area is 167 Å². The SMILES string of the molecule is CN=C(NCc1cccc(OC)c1OC1CCCC1)N(C)Cc1cnn(C)c1. The molecule has 152 valence electrons. The molecule has 1 aromatic carbocycles. The summed E-state index contributed by atoms with van der Waals surface area (Å²) in [4.78, 5) is 6.49. The number of methoxy groups -OCH3 is 1. The van der Waals surface area contributed by atoms with Crippen molar-refractivity contribution in [3.05, 3.63) is 41.7 Å². The van der Waals surface area contributed by atoms with Crippen molar-refractivity contribution in [1.29, 1.82) is 0 Å². The molecule has 0 atom stereocenters. The summed E-state index contributed by atoms with van der Waals surface area (Å²) in [5, 5.41) is 7.67. The molecule has 1 fully saturated rings. The first-order valence-electron chi connectivity index (χ1n) is 9.82. The lowest BCUT2D eigenvalue weighted by atomic mass is 10.1. The van der Waals surface area contributed by atoms with Gasteiger partial charge in [-0.3, -0.25) is 9.67 Å². The van der Waals surface area contributed by atoms with Gasteiger partial charge in [-0.1, -0.05) is 12.1 Å². The molecule has 0 radical (unpaired) electrons. The Bertz CT molecular complexity index is 796. The van der Waals surface area contributed by atoms with E-state index in [2.05, 4.69) is 26.4 Å². The summed E-state index contributed by atoms with van der Waals surface area (Å²) in [7, 11) is 7.42. The minimum atomic E-state index is 0.280. The maximum atomic E-state index is 6.32. The Morgan fingerprint density at radius 2 is 2.14 bits per heavy atom. The second kappa shape index (κ2) is 9.48. The van der Waals surface area contributed by atoms with Crippen molar-refractivity contribution in [3.8, 4) is 11.5 Å². The van der Waals surface area contributed by atoms with E-state index in [1.54, 1.807) is 14.2 Å². The van der Waals surface area contributed by atoms with Crippen LogP contribution in [0.3, 0.4) is 0 Å². The Hall–Kier alpha value is -2.70. The Balaban J connectivity index is 1.67. The number of benzene rings is 1. The Morgan fingerprint density at radius 3 is 2.79 bits per heavy atom. The highest BCUT2D eigenvalue weighted by Crippen LogP contribution is 2.34. The maximum absolute atomic E-state index is 6.32. The molecule has 1 N–H and O–H groups in total. The van der Waals surface area contributed by atoms with Crippen LogP contribution in [0.1, 0.15) is 36.8 Å². The lowest BCUT2D eigenvalue weighted by molar-refractivity contribution is 0.198. The molecule has 1 aromatic heterocycles. The molecule has 1 aliphatic carbocycles. The van der Waals surface area contributed by atoms with E-state index in [0.29, 0.717) is 6.54 Å². The molecule has 1 heterocycles. The third kappa shape index (κ3) is 4.97. The van der Waals surface area contributed by atoms with Crippen LogP contribution in [-0.4, -0.2) is 47.9 Å². The van der Waals surface area contributed by atoms with Gasteiger partial charge in [0.1, 0.15) is 0 Å². The largest absolute Gasteiger partial charge is 0.493 e. The van der Waals surface area contributed by atoms with E-state index in [-0.39, 0.29) is 6.10 Å². The van der Waals surface area contributed by atoms with Gasteiger partial charge in [0, 0.05) is 51.6 Å². The average Bonchev–Trinajstić information content (AvgIpc) is 3.35. The summed E-state index contributed by atoms with van der Waals surface area (Å²) in [6.45, 7) is 1.35. The molecular formula is C21H31N5O2. The summed E-state index contributed by atoms with van der Waals surface area (Å²) in [6, 6.07) is 6.03. The molecule has 0 bridgehead atoms. The standard InChI is InChI=1S/C21H31N5O2/c1-22-21(25(2)14-16-12-24-26(3)15-16)23-13-17-8-7-11-19(27-4)20(17)28-18-9-5-6-10-18/h7-8,11-12,15,18H,5-6,9-10,13-14H2,1-4H3,(H,22,23). The minimum Gasteiger partial charge on any atom is -0.493 e. The van der Waals surface area contributed by atoms with Crippen molar-refractivity contribution in [3.63, 3.8) is 0 Å². The van der Waals surface area contributed by atoms with Gasteiger partial charge in [0.25, 0.3) is 0 Å². The zero-order valence-corrected chi connectivity index (χ0v) is 17.3. The Morgan fingerprint density at radius 1 is 1.36 bits per heavy atom. The van der Waals surface area contributed by atoms with E-state index in [1.807, 2.05) is 43.3 Å². The lowest BCUT2D eigenvalue weighted by Gasteiger charge is -2.23. The minimum absolute atomic E-state index is 0.280. The number of para-hydroxylation sites is 1. The third-order valence-corrected chi connectivity index (χ3v) is 5.06. The summed E-state index contributed by atoms with van der Waals surface area (Å²) in [6.07, 6.45) is 8.86. The van der Waals surface area contributed by atoms with Crippen molar-refractivity contribution in [2.45, 2.75) is 44.9 Å². The van der Waals surface area contributed by atoms with Gasteiger partial charge in [0.05, 0.1) is 19.4 Å². The molecule has 7 nitrogen and oxygen atoms in total. The van der Waals surface area contributed by atoms with Crippen molar-refractivity contribution < 1.29 is 9.47 Å². The predicted octanol–water partition coefficient (Wildman–Crippen LogP) is 2.96. The maximum Gasteiger partial charge on any atom is 0.193 e. The zero-order valence-electron chi connectivity index (χ0n) is 17.3. The first kappa shape index (κ1) is 20.0. The summed E-state index contributed by atoms with van der Waals surface area (Å²) in [5.41, 5.74) is 2.21. The number of aliphatic imine (C=N–C) groups is 1. The van der Waals surface area contributed by atoms with Gasteiger partial charge in [-0.05, 0) is 31.7 Å². The van der Waals surface area contributed by atoms with E-state index >= 15 is 0 Å². The van der Waals surface area contributed by atoms with Crippen molar-refractivity contribution in [1.82, 2.24) is 20.0 Å².